The minimum absolute atomic E-state index is 0. The summed E-state index contributed by atoms with van der Waals surface area (Å²) in [6, 6.07) is 0. The number of hydrogen-bond acceptors (Lipinski definition) is 9. The molecule has 0 aromatic carbocycles. The summed E-state index contributed by atoms with van der Waals surface area (Å²) in [5, 5.41) is 0. The van der Waals surface area contributed by atoms with Crippen molar-refractivity contribution in [2.24, 2.45) is 0 Å². The summed E-state index contributed by atoms with van der Waals surface area (Å²) in [6.45, 7) is 0. The Morgan fingerprint density at radius 3 is 0.571 bits per heavy atom. The molecule has 1 radical (unpaired) electrons. The van der Waals surface area contributed by atoms with E-state index >= 15 is 0 Å². The average molecular weight is 373 g/mol. The summed E-state index contributed by atoms with van der Waals surface area (Å²) in [4.78, 5) is 51.1. The van der Waals surface area contributed by atoms with E-state index in [-0.39, 0.29) is 49.8 Å². The molecule has 0 aromatic heterocycles. The molecule has 0 unspecified atom stereocenters. The third-order valence-corrected chi connectivity index (χ3v) is 0. The van der Waals surface area contributed by atoms with Crippen molar-refractivity contribution in [3.8, 4) is 0 Å². The van der Waals surface area contributed by atoms with E-state index in [2.05, 4.69) is 0 Å². The smallest absolute Gasteiger partial charge is 0.672 e. The van der Waals surface area contributed by atoms with Crippen LogP contribution in [-0.2, 0) is 63.2 Å². The molecule has 0 aromatic rings. The summed E-state index contributed by atoms with van der Waals surface area (Å²) in [5.74, 6) is 0. The van der Waals surface area contributed by atoms with Gasteiger partial charge in [-0.3, -0.25) is 0 Å². The fourth-order valence-electron chi connectivity index (χ4n) is 0. The van der Waals surface area contributed by atoms with E-state index in [0.717, 1.165) is 0 Å². The van der Waals surface area contributed by atoms with Crippen LogP contribution in [0.2, 0.25) is 0 Å². The predicted octanol–water partition coefficient (Wildman–Crippen LogP) is -8.64. The molecule has 0 saturated heterocycles. The Bertz CT molecular complexity index is 118. The zero-order chi connectivity index (χ0) is 10.7. The maximum atomic E-state index is 8.52. The molecule has 0 saturated carbocycles. The largest absolute Gasteiger partial charge is 3.00 e. The van der Waals surface area contributed by atoms with E-state index in [0.29, 0.717) is 0 Å². The number of rotatable bonds is 0. The first-order valence-corrected chi connectivity index (χ1v) is 5.51. The maximum Gasteiger partial charge on any atom is 3.00 e. The standard InChI is InChI=1S/Fe.3O3Si.Y/c;3*1-4(2)3;/q+3;3*-2;+3. The van der Waals surface area contributed by atoms with E-state index in [1.807, 2.05) is 0 Å². The SMILES string of the molecule is O=[Si]([O-])[O-].O=[Si]([O-])[O-].O=[Si]([O-])[O-].[Fe+3].[Y+3]. The second-order valence-electron chi connectivity index (χ2n) is 0.750. The summed E-state index contributed by atoms with van der Waals surface area (Å²) in [6.07, 6.45) is 0. The Morgan fingerprint density at radius 2 is 0.571 bits per heavy atom. The van der Waals surface area contributed by atoms with Crippen LogP contribution in [0.3, 0.4) is 0 Å². The zero-order valence-electron chi connectivity index (χ0n) is 6.11. The van der Waals surface area contributed by atoms with Gasteiger partial charge in [0.2, 0.25) is 0 Å². The fraction of sp³-hybridized carbons (Fsp3) is 0. The van der Waals surface area contributed by atoms with Crippen LogP contribution in [0.15, 0.2) is 0 Å². The molecule has 14 heteroatoms. The molecule has 0 rings (SSSR count). The topological polar surface area (TPSA) is 190 Å². The second kappa shape index (κ2) is 23.4. The molecule has 77 valence electrons. The van der Waals surface area contributed by atoms with Gasteiger partial charge in [-0.1, -0.05) is 0 Å². The fourth-order valence-corrected chi connectivity index (χ4v) is 0. The molecule has 0 aliphatic rings. The van der Waals surface area contributed by atoms with Crippen molar-refractivity contribution < 1.29 is 91.9 Å². The van der Waals surface area contributed by atoms with Crippen molar-refractivity contribution in [1.29, 1.82) is 0 Å². The molecule has 0 N–H and O–H groups in total. The van der Waals surface area contributed by atoms with Gasteiger partial charge in [0.1, 0.15) is 0 Å². The van der Waals surface area contributed by atoms with Crippen molar-refractivity contribution in [3.05, 3.63) is 0 Å². The molecule has 14 heavy (non-hydrogen) atoms. The maximum absolute atomic E-state index is 8.52. The van der Waals surface area contributed by atoms with Crippen molar-refractivity contribution in [2.75, 3.05) is 0 Å². The van der Waals surface area contributed by atoms with Gasteiger partial charge in [-0.05, 0) is 0 Å². The van der Waals surface area contributed by atoms with Gasteiger partial charge < -0.3 is 42.2 Å². The normalized spacial score (nSPS) is 5.14. The molecule has 0 heterocycles. The van der Waals surface area contributed by atoms with Crippen LogP contribution in [0.4, 0.5) is 0 Å². The van der Waals surface area contributed by atoms with Crippen LogP contribution in [0.25, 0.3) is 0 Å². The minimum Gasteiger partial charge on any atom is -0.672 e. The molecule has 9 nitrogen and oxygen atoms in total. The molecule has 0 fully saturated rings. The van der Waals surface area contributed by atoms with Crippen LogP contribution in [0.1, 0.15) is 0 Å². The molecular formula is FeO9Si3Y. The Morgan fingerprint density at radius 1 is 0.571 bits per heavy atom. The van der Waals surface area contributed by atoms with Crippen LogP contribution in [0.5, 0.6) is 0 Å². The van der Waals surface area contributed by atoms with Crippen molar-refractivity contribution in [3.63, 3.8) is 0 Å². The van der Waals surface area contributed by atoms with E-state index in [4.69, 9.17) is 42.2 Å². The third kappa shape index (κ3) is 7310. The van der Waals surface area contributed by atoms with Crippen LogP contribution in [0, 0.1) is 0 Å². The first-order chi connectivity index (χ1) is 5.20. The summed E-state index contributed by atoms with van der Waals surface area (Å²) < 4.78 is 25.6. The van der Waals surface area contributed by atoms with E-state index in [1.54, 1.807) is 0 Å². The van der Waals surface area contributed by atoms with Gasteiger partial charge in [0.15, 0.2) is 0 Å². The molecule has 0 aliphatic heterocycles. The van der Waals surface area contributed by atoms with Gasteiger partial charge in [0, 0.05) is 27.5 Å². The molecule has 0 aliphatic carbocycles. The first-order valence-electron chi connectivity index (χ1n) is 1.84. The molecule has 0 spiro atoms. The Labute approximate surface area is 118 Å². The number of hydrogen-bond donors (Lipinski definition) is 0. The molecule has 0 bridgehead atoms. The van der Waals surface area contributed by atoms with Crippen molar-refractivity contribution in [1.82, 2.24) is 0 Å². The van der Waals surface area contributed by atoms with E-state index in [9.17, 15) is 0 Å². The Balaban J connectivity index is -0.0000000270. The summed E-state index contributed by atoms with van der Waals surface area (Å²) in [7, 11) is -10.9. The monoisotopic (exact) mass is 373 g/mol. The quantitative estimate of drug-likeness (QED) is 0.371. The Hall–Kier alpha value is 0.474. The zero-order valence-corrected chi connectivity index (χ0v) is 13.0. The van der Waals surface area contributed by atoms with Gasteiger partial charge in [-0.25, -0.2) is 0 Å². The minimum atomic E-state index is -3.63. The molecular weight excluding hydrogens is 373 g/mol. The molecule has 0 atom stereocenters. The average Bonchev–Trinajstić information content (AvgIpc) is 1.54. The Kier molecular flexibility index (Phi) is 48.8. The van der Waals surface area contributed by atoms with Crippen molar-refractivity contribution in [2.45, 2.75) is 0 Å². The predicted molar refractivity (Wildman–Crippen MR) is 19.3 cm³/mol. The van der Waals surface area contributed by atoms with Gasteiger partial charge in [0.25, 0.3) is 0 Å². The van der Waals surface area contributed by atoms with Gasteiger partial charge >= 0.3 is 49.8 Å². The molecule has 0 amide bonds. The first kappa shape index (κ1) is 29.3. The van der Waals surface area contributed by atoms with E-state index in [1.165, 1.54) is 0 Å². The van der Waals surface area contributed by atoms with Crippen LogP contribution >= 0.6 is 0 Å². The van der Waals surface area contributed by atoms with Gasteiger partial charge in [-0.2, -0.15) is 0 Å². The second-order valence-corrected chi connectivity index (χ2v) is 2.25. The van der Waals surface area contributed by atoms with Gasteiger partial charge in [0.05, 0.1) is 0 Å². The summed E-state index contributed by atoms with van der Waals surface area (Å²) >= 11 is 0. The van der Waals surface area contributed by atoms with E-state index < -0.39 is 27.5 Å². The van der Waals surface area contributed by atoms with Gasteiger partial charge in [-0.15, -0.1) is 0 Å². The van der Waals surface area contributed by atoms with Crippen LogP contribution in [-0.4, -0.2) is 27.5 Å². The van der Waals surface area contributed by atoms with Crippen molar-refractivity contribution >= 4 is 27.5 Å². The van der Waals surface area contributed by atoms with Crippen LogP contribution < -0.4 is 28.8 Å². The summed E-state index contributed by atoms with van der Waals surface area (Å²) in [5.41, 5.74) is 0. The third-order valence-electron chi connectivity index (χ3n) is 0.